The van der Waals surface area contributed by atoms with Crippen LogP contribution in [-0.2, 0) is 11.2 Å². The Morgan fingerprint density at radius 1 is 1.27 bits per heavy atom. The molecule has 0 spiro atoms. The van der Waals surface area contributed by atoms with Gasteiger partial charge in [0.25, 0.3) is 0 Å². The number of benzene rings is 1. The fraction of sp³-hybridized carbons (Fsp3) is 0.214. The van der Waals surface area contributed by atoms with Crippen molar-refractivity contribution in [3.63, 3.8) is 0 Å². The number of thiazole rings is 1. The van der Waals surface area contributed by atoms with E-state index in [9.17, 15) is 4.79 Å². The number of anilines is 1. The molecule has 3 aromatic rings. The van der Waals surface area contributed by atoms with Crippen LogP contribution in [0.4, 0.5) is 5.69 Å². The minimum atomic E-state index is -0.0538. The summed E-state index contributed by atoms with van der Waals surface area (Å²) in [6.45, 7) is 3.86. The molecule has 0 unspecified atom stereocenters. The molecule has 112 valence electrons. The number of nitrogens with zero attached hydrogens (tertiary/aromatic N) is 5. The third kappa shape index (κ3) is 3.17. The lowest BCUT2D eigenvalue weighted by Crippen LogP contribution is -2.14. The monoisotopic (exact) mass is 314 g/mol. The highest BCUT2D eigenvalue weighted by Gasteiger charge is 2.10. The van der Waals surface area contributed by atoms with Gasteiger partial charge in [-0.25, -0.2) is 9.67 Å². The molecular formula is C14H14N6OS. The molecule has 0 aliphatic rings. The SMILES string of the molecule is Cc1nc(C)c(CC(=O)Nc2ccc(-n3cnnn3)cc2)s1. The summed E-state index contributed by atoms with van der Waals surface area (Å²) in [5.41, 5.74) is 2.49. The van der Waals surface area contributed by atoms with E-state index < -0.39 is 0 Å². The molecule has 7 nitrogen and oxygen atoms in total. The maximum atomic E-state index is 12.1. The first-order valence-electron chi connectivity index (χ1n) is 6.68. The van der Waals surface area contributed by atoms with Crippen LogP contribution in [0.2, 0.25) is 0 Å². The van der Waals surface area contributed by atoms with Crippen molar-refractivity contribution in [3.05, 3.63) is 46.2 Å². The summed E-state index contributed by atoms with van der Waals surface area (Å²) in [6.07, 6.45) is 1.86. The number of amides is 1. The lowest BCUT2D eigenvalue weighted by atomic mass is 10.2. The van der Waals surface area contributed by atoms with Crippen molar-refractivity contribution in [3.8, 4) is 5.69 Å². The molecule has 8 heteroatoms. The first-order valence-corrected chi connectivity index (χ1v) is 7.49. The van der Waals surface area contributed by atoms with Crippen molar-refractivity contribution in [1.29, 1.82) is 0 Å². The number of aromatic nitrogens is 5. The van der Waals surface area contributed by atoms with E-state index in [4.69, 9.17) is 0 Å². The van der Waals surface area contributed by atoms with Gasteiger partial charge in [0.2, 0.25) is 5.91 Å². The lowest BCUT2D eigenvalue weighted by molar-refractivity contribution is -0.115. The van der Waals surface area contributed by atoms with E-state index in [0.29, 0.717) is 6.42 Å². The number of hydrogen-bond donors (Lipinski definition) is 1. The van der Waals surface area contributed by atoms with E-state index in [1.54, 1.807) is 16.0 Å². The summed E-state index contributed by atoms with van der Waals surface area (Å²) in [6, 6.07) is 7.32. The van der Waals surface area contributed by atoms with Crippen LogP contribution in [0.15, 0.2) is 30.6 Å². The standard InChI is InChI=1S/C14H14N6OS/c1-9-13(22-10(2)16-9)7-14(21)17-11-3-5-12(6-4-11)20-8-15-18-19-20/h3-6,8H,7H2,1-2H3,(H,17,21). The van der Waals surface area contributed by atoms with Crippen LogP contribution in [0.3, 0.4) is 0 Å². The molecule has 0 aliphatic carbocycles. The molecule has 0 atom stereocenters. The Kier molecular flexibility index (Phi) is 3.92. The number of aryl methyl sites for hydroxylation is 2. The Hall–Kier alpha value is -2.61. The van der Waals surface area contributed by atoms with Gasteiger partial charge in [0, 0.05) is 10.6 Å². The van der Waals surface area contributed by atoms with E-state index in [1.807, 2.05) is 38.1 Å². The van der Waals surface area contributed by atoms with E-state index in [-0.39, 0.29) is 5.91 Å². The van der Waals surface area contributed by atoms with Crippen LogP contribution in [0.1, 0.15) is 15.6 Å². The van der Waals surface area contributed by atoms with E-state index in [1.165, 1.54) is 6.33 Å². The molecule has 1 amide bonds. The van der Waals surface area contributed by atoms with Gasteiger partial charge in [0.1, 0.15) is 6.33 Å². The van der Waals surface area contributed by atoms with Gasteiger partial charge >= 0.3 is 0 Å². The Labute approximate surface area is 131 Å². The molecule has 0 fully saturated rings. The molecule has 0 bridgehead atoms. The predicted molar refractivity (Wildman–Crippen MR) is 83.1 cm³/mol. The number of carbonyl (C=O) groups is 1. The minimum Gasteiger partial charge on any atom is -0.326 e. The summed E-state index contributed by atoms with van der Waals surface area (Å²) in [5, 5.41) is 14.8. The molecule has 22 heavy (non-hydrogen) atoms. The molecule has 0 saturated carbocycles. The molecule has 0 radical (unpaired) electrons. The van der Waals surface area contributed by atoms with Crippen LogP contribution in [0.25, 0.3) is 5.69 Å². The first kappa shape index (κ1) is 14.3. The maximum Gasteiger partial charge on any atom is 0.229 e. The number of hydrogen-bond acceptors (Lipinski definition) is 6. The van der Waals surface area contributed by atoms with Gasteiger partial charge in [0.15, 0.2) is 0 Å². The predicted octanol–water partition coefficient (Wildman–Crippen LogP) is 1.92. The zero-order chi connectivity index (χ0) is 15.5. The van der Waals surface area contributed by atoms with Gasteiger partial charge in [-0.15, -0.1) is 16.4 Å². The second-order valence-electron chi connectivity index (χ2n) is 4.77. The van der Waals surface area contributed by atoms with E-state index in [0.717, 1.165) is 27.0 Å². The second kappa shape index (κ2) is 6.02. The highest BCUT2D eigenvalue weighted by Crippen LogP contribution is 2.18. The molecular weight excluding hydrogens is 300 g/mol. The maximum absolute atomic E-state index is 12.1. The summed E-state index contributed by atoms with van der Waals surface area (Å²) in [4.78, 5) is 17.4. The highest BCUT2D eigenvalue weighted by atomic mass is 32.1. The van der Waals surface area contributed by atoms with Crippen LogP contribution < -0.4 is 5.32 Å². The normalized spacial score (nSPS) is 10.6. The third-order valence-electron chi connectivity index (χ3n) is 3.09. The summed E-state index contributed by atoms with van der Waals surface area (Å²) >= 11 is 1.56. The van der Waals surface area contributed by atoms with Crippen LogP contribution in [0.5, 0.6) is 0 Å². The lowest BCUT2D eigenvalue weighted by Gasteiger charge is -2.06. The number of carbonyl (C=O) groups excluding carboxylic acids is 1. The fourth-order valence-electron chi connectivity index (χ4n) is 2.07. The molecule has 2 aromatic heterocycles. The zero-order valence-corrected chi connectivity index (χ0v) is 13.0. The Bertz CT molecular complexity index is 778. The third-order valence-corrected chi connectivity index (χ3v) is 4.16. The quantitative estimate of drug-likeness (QED) is 0.795. The summed E-state index contributed by atoms with van der Waals surface area (Å²) in [7, 11) is 0. The van der Waals surface area contributed by atoms with E-state index in [2.05, 4.69) is 25.8 Å². The van der Waals surface area contributed by atoms with Gasteiger partial charge in [-0.1, -0.05) is 0 Å². The first-order chi connectivity index (χ1) is 10.6. The Morgan fingerprint density at radius 2 is 2.05 bits per heavy atom. The smallest absolute Gasteiger partial charge is 0.229 e. The largest absolute Gasteiger partial charge is 0.326 e. The van der Waals surface area contributed by atoms with Crippen molar-refractivity contribution in [2.45, 2.75) is 20.3 Å². The molecule has 3 rings (SSSR count). The van der Waals surface area contributed by atoms with Crippen molar-refractivity contribution < 1.29 is 4.79 Å². The van der Waals surface area contributed by atoms with Crippen LogP contribution in [0, 0.1) is 13.8 Å². The van der Waals surface area contributed by atoms with Gasteiger partial charge < -0.3 is 5.32 Å². The van der Waals surface area contributed by atoms with Gasteiger partial charge in [-0.3, -0.25) is 4.79 Å². The number of nitrogens with one attached hydrogen (secondary N) is 1. The van der Waals surface area contributed by atoms with Gasteiger partial charge in [-0.05, 0) is 48.5 Å². The van der Waals surface area contributed by atoms with Crippen molar-refractivity contribution in [1.82, 2.24) is 25.2 Å². The Balaban J connectivity index is 1.65. The van der Waals surface area contributed by atoms with Crippen LogP contribution in [-0.4, -0.2) is 31.1 Å². The average Bonchev–Trinajstić information content (AvgIpc) is 3.10. The molecule has 0 aliphatic heterocycles. The highest BCUT2D eigenvalue weighted by molar-refractivity contribution is 7.11. The van der Waals surface area contributed by atoms with Gasteiger partial charge in [-0.2, -0.15) is 0 Å². The number of rotatable bonds is 4. The second-order valence-corrected chi connectivity index (χ2v) is 6.06. The minimum absolute atomic E-state index is 0.0538. The molecule has 1 aromatic carbocycles. The number of tetrazole rings is 1. The van der Waals surface area contributed by atoms with Gasteiger partial charge in [0.05, 0.1) is 22.8 Å². The van der Waals surface area contributed by atoms with Crippen LogP contribution >= 0.6 is 11.3 Å². The van der Waals surface area contributed by atoms with E-state index >= 15 is 0 Å². The average molecular weight is 314 g/mol. The zero-order valence-electron chi connectivity index (χ0n) is 12.1. The molecule has 2 heterocycles. The van der Waals surface area contributed by atoms with Crippen molar-refractivity contribution >= 4 is 22.9 Å². The Morgan fingerprint density at radius 3 is 2.64 bits per heavy atom. The van der Waals surface area contributed by atoms with Crippen molar-refractivity contribution in [2.75, 3.05) is 5.32 Å². The topological polar surface area (TPSA) is 85.6 Å². The molecule has 0 saturated heterocycles. The molecule has 1 N–H and O–H groups in total. The summed E-state index contributed by atoms with van der Waals surface area (Å²) < 4.78 is 1.55. The summed E-state index contributed by atoms with van der Waals surface area (Å²) in [5.74, 6) is -0.0538. The fourth-order valence-corrected chi connectivity index (χ4v) is 3.00. The van der Waals surface area contributed by atoms with Crippen molar-refractivity contribution in [2.24, 2.45) is 0 Å².